The van der Waals surface area contributed by atoms with Gasteiger partial charge in [0.05, 0.1) is 44.1 Å². The van der Waals surface area contributed by atoms with Crippen LogP contribution in [0.1, 0.15) is 45.2 Å². The van der Waals surface area contributed by atoms with Gasteiger partial charge in [-0.2, -0.15) is 0 Å². The molecule has 20 aromatic rings. The number of hydrogen-bond donors (Lipinski definition) is 0. The summed E-state index contributed by atoms with van der Waals surface area (Å²) < 4.78 is 7.78. The lowest BCUT2D eigenvalue weighted by Gasteiger charge is -2.42. The van der Waals surface area contributed by atoms with E-state index in [9.17, 15) is 0 Å². The average molecular weight is 1210 g/mol. The van der Waals surface area contributed by atoms with Crippen LogP contribution in [0.2, 0.25) is 0 Å². The number of benzene rings is 15. The van der Waals surface area contributed by atoms with Gasteiger partial charge in [-0.15, -0.1) is 0 Å². The van der Waals surface area contributed by atoms with E-state index < -0.39 is 0 Å². The molecule has 2 atom stereocenters. The molecule has 3 nitrogen and oxygen atoms in total. The Morgan fingerprint density at radius 1 is 0.219 bits per heavy atom. The van der Waals surface area contributed by atoms with Crippen LogP contribution in [-0.4, -0.2) is 20.1 Å². The summed E-state index contributed by atoms with van der Waals surface area (Å²) in [6.45, 7) is -0.154. The van der Waals surface area contributed by atoms with Crippen LogP contribution < -0.4 is 16.4 Å². The molecule has 2 unspecified atom stereocenters. The maximum absolute atomic E-state index is 2.67. The minimum Gasteiger partial charge on any atom is -0.309 e. The molecule has 0 amide bonds. The molecule has 0 aliphatic carbocycles. The molecule has 7 heterocycles. The van der Waals surface area contributed by atoms with E-state index >= 15 is 0 Å². The third kappa shape index (κ3) is 7.22. The first-order valence-electron chi connectivity index (χ1n) is 33.7. The Labute approximate surface area is 554 Å². The Balaban J connectivity index is 0.947. The van der Waals surface area contributed by atoms with Gasteiger partial charge < -0.3 is 13.4 Å². The molecule has 15 aromatic carbocycles. The average Bonchev–Trinajstić information content (AvgIpc) is 1.05. The second-order valence-electron chi connectivity index (χ2n) is 27.0. The first-order chi connectivity index (χ1) is 47.6. The van der Waals surface area contributed by atoms with Crippen LogP contribution in [0.15, 0.2) is 328 Å². The summed E-state index contributed by atoms with van der Waals surface area (Å²) in [6.07, 6.45) is 0. The van der Waals surface area contributed by atoms with E-state index in [4.69, 9.17) is 0 Å². The quantitative estimate of drug-likeness (QED) is 0.141. The summed E-state index contributed by atoms with van der Waals surface area (Å²) in [4.78, 5) is 0. The predicted molar refractivity (Wildman–Crippen MR) is 404 cm³/mol. The fraction of sp³-hybridized carbons (Fsp3) is 0.0217. The summed E-state index contributed by atoms with van der Waals surface area (Å²) in [6, 6.07) is 125. The topological polar surface area (TPSA) is 13.8 Å². The molecule has 5 aromatic heterocycles. The van der Waals surface area contributed by atoms with Gasteiger partial charge in [-0.05, 0) is 139 Å². The van der Waals surface area contributed by atoms with E-state index in [2.05, 4.69) is 341 Å². The van der Waals surface area contributed by atoms with Gasteiger partial charge in [0.15, 0.2) is 0 Å². The number of hydrogen-bond acceptors (Lipinski definition) is 0. The Bertz CT molecular complexity index is 6120. The lowest BCUT2D eigenvalue weighted by molar-refractivity contribution is 0.941. The molecule has 2 aliphatic heterocycles. The standard InChI is InChI=1S/C92H56BN3/c1-5-23-55(24-6-1)59-43-60(56-25-7-2-8-26-56)46-63(45-59)88-76-53-86-74(72-37-21-35-70-68-33-15-19-41-84(68)95(86)91(70)72)51-80(76)93-81-52-75-73-38-22-36-71-69-34-16-20-42-85(69)96(92(71)73)87(75)54-77(81)89(64-47-61(57-27-9-3-10-28-57)44-62(48-64)58-29-11-4-12-30-58)79-50-65(49-78(88)90(79)93)94-82-39-17-13-31-66(82)67-32-14-18-40-83(67)94/h1-54,88-89H. The van der Waals surface area contributed by atoms with Gasteiger partial charge in [0, 0.05) is 71.4 Å². The van der Waals surface area contributed by atoms with E-state index in [-0.39, 0.29) is 18.5 Å². The van der Waals surface area contributed by atoms with Crippen molar-refractivity contribution in [1.29, 1.82) is 0 Å². The van der Waals surface area contributed by atoms with Crippen LogP contribution >= 0.6 is 0 Å². The first kappa shape index (κ1) is 52.3. The molecule has 22 rings (SSSR count). The minimum atomic E-state index is -0.219. The Morgan fingerprint density at radius 2 is 0.531 bits per heavy atom. The van der Waals surface area contributed by atoms with Crippen LogP contribution in [0.25, 0.3) is 148 Å². The highest BCUT2D eigenvalue weighted by atomic mass is 15.0. The van der Waals surface area contributed by atoms with Crippen LogP contribution in [0.3, 0.4) is 0 Å². The normalized spacial score (nSPS) is 14.4. The predicted octanol–water partition coefficient (Wildman–Crippen LogP) is 21.3. The second kappa shape index (κ2) is 19.7. The third-order valence-electron chi connectivity index (χ3n) is 22.1. The lowest BCUT2D eigenvalue weighted by atomic mass is 9.28. The minimum absolute atomic E-state index is 0.154. The van der Waals surface area contributed by atoms with Gasteiger partial charge in [-0.1, -0.05) is 283 Å². The molecule has 4 heteroatoms. The molecule has 96 heavy (non-hydrogen) atoms. The van der Waals surface area contributed by atoms with Crippen molar-refractivity contribution >= 4 is 121 Å². The van der Waals surface area contributed by atoms with Crippen molar-refractivity contribution in [3.8, 4) is 50.2 Å². The highest BCUT2D eigenvalue weighted by Crippen LogP contribution is 2.50. The highest BCUT2D eigenvalue weighted by molar-refractivity contribution is 6.97. The number of para-hydroxylation sites is 6. The number of aromatic nitrogens is 3. The summed E-state index contributed by atoms with van der Waals surface area (Å²) >= 11 is 0. The summed E-state index contributed by atoms with van der Waals surface area (Å²) in [7, 11) is 0. The fourth-order valence-electron chi connectivity index (χ4n) is 18.2. The first-order valence-corrected chi connectivity index (χ1v) is 33.7. The highest BCUT2D eigenvalue weighted by Gasteiger charge is 2.46. The zero-order valence-electron chi connectivity index (χ0n) is 52.3. The van der Waals surface area contributed by atoms with Crippen LogP contribution in [0, 0.1) is 0 Å². The van der Waals surface area contributed by atoms with E-state index in [0.29, 0.717) is 0 Å². The molecule has 0 radical (unpaired) electrons. The van der Waals surface area contributed by atoms with Gasteiger partial charge in [0.25, 0.3) is 0 Å². The maximum atomic E-state index is 2.67. The van der Waals surface area contributed by atoms with Gasteiger partial charge in [0.2, 0.25) is 6.71 Å². The smallest absolute Gasteiger partial charge is 0.242 e. The fourth-order valence-corrected chi connectivity index (χ4v) is 18.2. The van der Waals surface area contributed by atoms with Crippen LogP contribution in [0.5, 0.6) is 0 Å². The zero-order chi connectivity index (χ0) is 62.4. The molecule has 0 bridgehead atoms. The van der Waals surface area contributed by atoms with Crippen molar-refractivity contribution in [2.45, 2.75) is 11.8 Å². The van der Waals surface area contributed by atoms with Crippen LogP contribution in [-0.2, 0) is 0 Å². The van der Waals surface area contributed by atoms with Crippen LogP contribution in [0.4, 0.5) is 0 Å². The Morgan fingerprint density at radius 3 is 0.906 bits per heavy atom. The molecular formula is C92H56BN3. The van der Waals surface area contributed by atoms with Gasteiger partial charge in [0.1, 0.15) is 0 Å². The summed E-state index contributed by atoms with van der Waals surface area (Å²) in [5.41, 5.74) is 32.6. The lowest BCUT2D eigenvalue weighted by Crippen LogP contribution is -2.62. The molecule has 2 aliphatic rings. The molecule has 0 fully saturated rings. The molecule has 0 saturated carbocycles. The van der Waals surface area contributed by atoms with E-state index in [1.54, 1.807) is 0 Å². The van der Waals surface area contributed by atoms with Gasteiger partial charge in [-0.3, -0.25) is 0 Å². The molecule has 442 valence electrons. The van der Waals surface area contributed by atoms with Gasteiger partial charge >= 0.3 is 0 Å². The van der Waals surface area contributed by atoms with E-state index in [1.165, 1.54) is 192 Å². The summed E-state index contributed by atoms with van der Waals surface area (Å²) in [5.74, 6) is -0.438. The molecule has 0 spiro atoms. The SMILES string of the molecule is c1ccc(-c2cc(-c3ccccc3)cc(C3c4cc5c(cc4B4c6cc7c8cccc9c%10ccccc%10n(c7cc6C(c6cc(-c7ccccc7)cc(-c7ccccc7)c6)c6cc(-n7c%10ccccc%10c%10ccccc%107)cc3c64)c98)c3cccc4c6ccccc6n5c43)c2)cc1. The number of rotatable bonds is 7. The van der Waals surface area contributed by atoms with Crippen molar-refractivity contribution in [1.82, 2.24) is 13.4 Å². The van der Waals surface area contributed by atoms with Crippen molar-refractivity contribution in [2.75, 3.05) is 0 Å². The zero-order valence-corrected chi connectivity index (χ0v) is 52.3. The third-order valence-corrected chi connectivity index (χ3v) is 22.1. The van der Waals surface area contributed by atoms with Crippen molar-refractivity contribution in [3.05, 3.63) is 361 Å². The molecular weight excluding hydrogens is 1160 g/mol. The number of nitrogens with zero attached hydrogens (tertiary/aromatic N) is 3. The molecule has 0 N–H and O–H groups in total. The Kier molecular flexibility index (Phi) is 10.7. The second-order valence-corrected chi connectivity index (χ2v) is 27.0. The van der Waals surface area contributed by atoms with Crippen molar-refractivity contribution in [2.24, 2.45) is 0 Å². The Hall–Kier alpha value is -12.2. The summed E-state index contributed by atoms with van der Waals surface area (Å²) in [5, 5.41) is 12.8. The van der Waals surface area contributed by atoms with E-state index in [1.807, 2.05) is 0 Å². The largest absolute Gasteiger partial charge is 0.309 e. The number of fused-ring (bicyclic) bond motifs is 19. The van der Waals surface area contributed by atoms with Crippen molar-refractivity contribution < 1.29 is 0 Å². The molecule has 0 saturated heterocycles. The maximum Gasteiger partial charge on any atom is 0.242 e. The monoisotopic (exact) mass is 1210 g/mol. The van der Waals surface area contributed by atoms with Crippen molar-refractivity contribution in [3.63, 3.8) is 0 Å². The van der Waals surface area contributed by atoms with Gasteiger partial charge in [-0.25, -0.2) is 0 Å². The van der Waals surface area contributed by atoms with E-state index in [0.717, 1.165) is 5.69 Å².